The van der Waals surface area contributed by atoms with Crippen molar-refractivity contribution in [1.29, 1.82) is 0 Å². The van der Waals surface area contributed by atoms with Crippen LogP contribution in [0.2, 0.25) is 0 Å². The van der Waals surface area contributed by atoms with Gasteiger partial charge in [-0.1, -0.05) is 74.0 Å². The third-order valence-electron chi connectivity index (χ3n) is 6.13. The van der Waals surface area contributed by atoms with E-state index < -0.39 is 23.1 Å². The van der Waals surface area contributed by atoms with Crippen LogP contribution in [0.1, 0.15) is 37.3 Å². The summed E-state index contributed by atoms with van der Waals surface area (Å²) >= 11 is 0. The Kier molecular flexibility index (Phi) is 5.62. The van der Waals surface area contributed by atoms with Crippen LogP contribution < -0.4 is 0 Å². The topological polar surface area (TPSA) is 65.1 Å². The van der Waals surface area contributed by atoms with Gasteiger partial charge in [0.05, 0.1) is 13.2 Å². The van der Waals surface area contributed by atoms with E-state index >= 15 is 0 Å². The summed E-state index contributed by atoms with van der Waals surface area (Å²) in [7, 11) is 1.68. The van der Waals surface area contributed by atoms with E-state index in [1.54, 1.807) is 7.05 Å². The molecule has 2 heterocycles. The highest BCUT2D eigenvalue weighted by atomic mass is 17.2. The highest BCUT2D eigenvalue weighted by molar-refractivity contribution is 6.05. The normalized spacial score (nSPS) is 25.1. The molecule has 0 radical (unpaired) electrons. The lowest BCUT2D eigenvalue weighted by molar-refractivity contribution is -0.417. The molecule has 2 aromatic rings. The van der Waals surface area contributed by atoms with Crippen molar-refractivity contribution in [2.75, 3.05) is 20.2 Å². The summed E-state index contributed by atoms with van der Waals surface area (Å²) in [5, 5.41) is 0. The van der Waals surface area contributed by atoms with Crippen LogP contribution in [-0.4, -0.2) is 43.1 Å². The molecule has 2 atom stereocenters. The van der Waals surface area contributed by atoms with Gasteiger partial charge < -0.3 is 9.64 Å². The molecule has 2 saturated heterocycles. The van der Waals surface area contributed by atoms with Gasteiger partial charge in [-0.15, -0.1) is 0 Å². The molecular formula is C24H27NO5. The maximum absolute atomic E-state index is 13.4. The molecule has 0 aromatic heterocycles. The van der Waals surface area contributed by atoms with Gasteiger partial charge in [-0.3, -0.25) is 9.59 Å². The third kappa shape index (κ3) is 3.20. The third-order valence-corrected chi connectivity index (χ3v) is 6.13. The molecule has 0 saturated carbocycles. The van der Waals surface area contributed by atoms with Crippen molar-refractivity contribution >= 4 is 11.9 Å². The molecule has 2 aromatic carbocycles. The number of carbonyl (C=O) groups excluding carboxylic acids is 2. The fourth-order valence-corrected chi connectivity index (χ4v) is 4.44. The van der Waals surface area contributed by atoms with Gasteiger partial charge in [0, 0.05) is 13.5 Å². The average molecular weight is 409 g/mol. The van der Waals surface area contributed by atoms with Crippen molar-refractivity contribution in [3.63, 3.8) is 0 Å². The highest BCUT2D eigenvalue weighted by Gasteiger charge is 2.68. The molecule has 1 amide bonds. The van der Waals surface area contributed by atoms with Crippen LogP contribution >= 0.6 is 0 Å². The second-order valence-corrected chi connectivity index (χ2v) is 8.05. The molecule has 158 valence electrons. The number of hydrogen-bond acceptors (Lipinski definition) is 5. The number of rotatable bonds is 6. The van der Waals surface area contributed by atoms with Crippen LogP contribution in [0, 0.1) is 5.41 Å². The molecular weight excluding hydrogens is 382 g/mol. The molecule has 6 heteroatoms. The van der Waals surface area contributed by atoms with Gasteiger partial charge in [0.2, 0.25) is 5.91 Å². The van der Waals surface area contributed by atoms with Gasteiger partial charge in [-0.2, -0.15) is 0 Å². The Hall–Kier alpha value is -2.70. The van der Waals surface area contributed by atoms with E-state index in [2.05, 4.69) is 0 Å². The number of unbranched alkanes of at least 4 members (excludes halogenated alkanes) is 1. The van der Waals surface area contributed by atoms with Crippen LogP contribution in [0.25, 0.3) is 0 Å². The van der Waals surface area contributed by atoms with Crippen LogP contribution in [-0.2, 0) is 29.7 Å². The van der Waals surface area contributed by atoms with Crippen LogP contribution in [0.15, 0.2) is 60.7 Å². The first kappa shape index (κ1) is 20.6. The minimum Gasteiger partial charge on any atom is -0.465 e. The monoisotopic (exact) mass is 409 g/mol. The Morgan fingerprint density at radius 3 is 2.27 bits per heavy atom. The number of hydrogen-bond donors (Lipinski definition) is 0. The first-order valence-electron chi connectivity index (χ1n) is 10.4. The molecule has 2 aliphatic heterocycles. The Morgan fingerprint density at radius 1 is 1.10 bits per heavy atom. The van der Waals surface area contributed by atoms with Gasteiger partial charge >= 0.3 is 5.97 Å². The summed E-state index contributed by atoms with van der Waals surface area (Å²) in [5.74, 6) is -0.816. The summed E-state index contributed by atoms with van der Waals surface area (Å²) in [6.45, 7) is 2.59. The minimum atomic E-state index is -1.45. The first-order chi connectivity index (χ1) is 14.5. The molecule has 30 heavy (non-hydrogen) atoms. The average Bonchev–Trinajstić information content (AvgIpc) is 3.05. The van der Waals surface area contributed by atoms with Crippen LogP contribution in [0.4, 0.5) is 0 Å². The maximum atomic E-state index is 13.4. The number of nitrogens with zero attached hydrogens (tertiary/aromatic N) is 1. The molecule has 0 N–H and O–H groups in total. The quantitative estimate of drug-likeness (QED) is 0.316. The summed E-state index contributed by atoms with van der Waals surface area (Å²) in [5.41, 5.74) is -0.925. The zero-order valence-corrected chi connectivity index (χ0v) is 17.4. The van der Waals surface area contributed by atoms with Crippen LogP contribution in [0.3, 0.4) is 0 Å². The summed E-state index contributed by atoms with van der Waals surface area (Å²) < 4.78 is 5.59. The zero-order chi connectivity index (χ0) is 21.2. The van der Waals surface area contributed by atoms with Gasteiger partial charge in [-0.25, -0.2) is 9.78 Å². The Morgan fingerprint density at radius 2 is 1.70 bits per heavy atom. The second kappa shape index (κ2) is 8.20. The highest BCUT2D eigenvalue weighted by Crippen LogP contribution is 2.53. The predicted molar refractivity (Wildman–Crippen MR) is 110 cm³/mol. The molecule has 2 aliphatic rings. The predicted octanol–water partition coefficient (Wildman–Crippen LogP) is 3.45. The zero-order valence-electron chi connectivity index (χ0n) is 17.4. The second-order valence-electron chi connectivity index (χ2n) is 8.05. The SMILES string of the molecule is CCCCOC(=O)C12CC(c3ccccc3)(c3ccccc3)OOC1CN(C)C2=O. The lowest BCUT2D eigenvalue weighted by Gasteiger charge is -2.45. The number of fused-ring (bicyclic) bond motifs is 1. The van der Waals surface area contributed by atoms with Crippen molar-refractivity contribution in [2.45, 2.75) is 37.9 Å². The number of benzene rings is 2. The van der Waals surface area contributed by atoms with Crippen molar-refractivity contribution in [1.82, 2.24) is 4.90 Å². The van der Waals surface area contributed by atoms with E-state index in [0.717, 1.165) is 24.0 Å². The number of likely N-dealkylation sites (tertiary alicyclic amines) is 1. The molecule has 0 spiro atoms. The summed E-state index contributed by atoms with van der Waals surface area (Å²) in [4.78, 5) is 40.2. The van der Waals surface area contributed by atoms with Gasteiger partial charge in [0.15, 0.2) is 11.0 Å². The number of carbonyl (C=O) groups is 2. The fraction of sp³-hybridized carbons (Fsp3) is 0.417. The number of likely N-dealkylation sites (N-methyl/N-ethyl adjacent to an activating group) is 1. The van der Waals surface area contributed by atoms with Crippen LogP contribution in [0.5, 0.6) is 0 Å². The van der Waals surface area contributed by atoms with E-state index in [9.17, 15) is 9.59 Å². The number of ether oxygens (including phenoxy) is 1. The smallest absolute Gasteiger partial charge is 0.324 e. The lowest BCUT2D eigenvalue weighted by atomic mass is 9.69. The summed E-state index contributed by atoms with van der Waals surface area (Å²) in [6, 6.07) is 19.2. The first-order valence-corrected chi connectivity index (χ1v) is 10.4. The molecule has 2 unspecified atom stereocenters. The number of amides is 1. The van der Waals surface area contributed by atoms with E-state index in [1.807, 2.05) is 67.6 Å². The Balaban J connectivity index is 1.82. The molecule has 2 fully saturated rings. The minimum absolute atomic E-state index is 0.118. The van der Waals surface area contributed by atoms with Gasteiger partial charge in [-0.05, 0) is 17.5 Å². The van der Waals surface area contributed by atoms with Gasteiger partial charge in [0.1, 0.15) is 6.10 Å². The van der Waals surface area contributed by atoms with Crippen molar-refractivity contribution in [3.05, 3.63) is 71.8 Å². The molecule has 0 bridgehead atoms. The molecule has 4 rings (SSSR count). The molecule has 6 nitrogen and oxygen atoms in total. The Bertz CT molecular complexity index is 861. The van der Waals surface area contributed by atoms with Crippen molar-refractivity contribution < 1.29 is 24.1 Å². The maximum Gasteiger partial charge on any atom is 0.324 e. The Labute approximate surface area is 176 Å². The van der Waals surface area contributed by atoms with Gasteiger partial charge in [0.25, 0.3) is 0 Å². The van der Waals surface area contributed by atoms with E-state index in [1.165, 1.54) is 4.90 Å². The standard InChI is InChI=1S/C24H27NO5/c1-3-4-15-28-22(27)23-17-24(18-11-7-5-8-12-18,19-13-9-6-10-14-19)30-29-20(23)16-25(2)21(23)26/h5-14,20H,3-4,15-17H2,1-2H3. The van der Waals surface area contributed by atoms with E-state index in [0.29, 0.717) is 0 Å². The number of esters is 1. The van der Waals surface area contributed by atoms with E-state index in [-0.39, 0.29) is 25.5 Å². The summed E-state index contributed by atoms with van der Waals surface area (Å²) in [6.07, 6.45) is 1.04. The van der Waals surface area contributed by atoms with E-state index in [4.69, 9.17) is 14.5 Å². The largest absolute Gasteiger partial charge is 0.465 e. The van der Waals surface area contributed by atoms with Crippen molar-refractivity contribution in [3.8, 4) is 0 Å². The van der Waals surface area contributed by atoms with Crippen molar-refractivity contribution in [2.24, 2.45) is 5.41 Å². The fourth-order valence-electron chi connectivity index (χ4n) is 4.44. The molecule has 0 aliphatic carbocycles. The lowest BCUT2D eigenvalue weighted by Crippen LogP contribution is -2.57.